The van der Waals surface area contributed by atoms with Crippen LogP contribution in [0.4, 0.5) is 8.78 Å². The summed E-state index contributed by atoms with van der Waals surface area (Å²) in [5.74, 6) is -1.79. The van der Waals surface area contributed by atoms with E-state index < -0.39 is 21.5 Å². The van der Waals surface area contributed by atoms with E-state index in [1.807, 2.05) is 24.3 Å². The molecule has 1 heterocycles. The molecule has 0 bridgehead atoms. The minimum Gasteiger partial charge on any atom is -0.284 e. The molecule has 0 radical (unpaired) electrons. The van der Waals surface area contributed by atoms with Gasteiger partial charge in [-0.1, -0.05) is 54.4 Å². The first kappa shape index (κ1) is 23.9. The predicted octanol–water partition coefficient (Wildman–Crippen LogP) is 6.52. The van der Waals surface area contributed by atoms with E-state index in [9.17, 15) is 17.2 Å². The van der Waals surface area contributed by atoms with Crippen LogP contribution in [0.3, 0.4) is 0 Å². The van der Waals surface area contributed by atoms with Gasteiger partial charge >= 0.3 is 0 Å². The Bertz CT molecular complexity index is 1230. The Balaban J connectivity index is 1.75. The van der Waals surface area contributed by atoms with E-state index in [-0.39, 0.29) is 22.3 Å². The first-order valence-electron chi connectivity index (χ1n) is 10.3. The first-order chi connectivity index (χ1) is 15.7. The number of benzene rings is 3. The van der Waals surface area contributed by atoms with Gasteiger partial charge in [0.15, 0.2) is 9.84 Å². The standard InChI is InChI=1S/C25H21Cl2F2NO2S/c1-2-33(31,32)25(18-11-22(28)13-23(29)12-18)19-14-30(15-19)24(16-3-7-20(26)8-4-16)17-5-9-21(27)10-6-17/h3-13,24H,2,14-15H2,1H3. The number of nitrogens with zero attached hydrogens (tertiary/aromatic N) is 1. The first-order valence-corrected chi connectivity index (χ1v) is 12.7. The Morgan fingerprint density at radius 3 is 1.76 bits per heavy atom. The Hall–Kier alpha value is -2.25. The zero-order valence-electron chi connectivity index (χ0n) is 17.7. The summed E-state index contributed by atoms with van der Waals surface area (Å²) in [6.07, 6.45) is 0. The Morgan fingerprint density at radius 1 is 0.879 bits per heavy atom. The van der Waals surface area contributed by atoms with Crippen LogP contribution < -0.4 is 0 Å². The highest BCUT2D eigenvalue weighted by Gasteiger charge is 2.35. The highest BCUT2D eigenvalue weighted by molar-refractivity contribution is 8.00. The van der Waals surface area contributed by atoms with Crippen molar-refractivity contribution in [1.82, 2.24) is 4.90 Å². The smallest absolute Gasteiger partial charge is 0.178 e. The van der Waals surface area contributed by atoms with Crippen molar-refractivity contribution in [3.63, 3.8) is 0 Å². The molecule has 1 fully saturated rings. The van der Waals surface area contributed by atoms with Gasteiger partial charge in [0.25, 0.3) is 0 Å². The molecule has 0 spiro atoms. The van der Waals surface area contributed by atoms with Gasteiger partial charge in [-0.3, -0.25) is 4.90 Å². The second-order valence-corrected chi connectivity index (χ2v) is 11.0. The fourth-order valence-electron chi connectivity index (χ4n) is 4.11. The van der Waals surface area contributed by atoms with E-state index in [4.69, 9.17) is 23.2 Å². The topological polar surface area (TPSA) is 37.4 Å². The number of sulfone groups is 1. The molecule has 1 aliphatic rings. The highest BCUT2D eigenvalue weighted by atomic mass is 35.5. The second kappa shape index (κ2) is 9.55. The highest BCUT2D eigenvalue weighted by Crippen LogP contribution is 2.39. The van der Waals surface area contributed by atoms with Crippen LogP contribution in [0.15, 0.2) is 72.3 Å². The summed E-state index contributed by atoms with van der Waals surface area (Å²) in [5.41, 5.74) is 2.63. The predicted molar refractivity (Wildman–Crippen MR) is 129 cm³/mol. The van der Waals surface area contributed by atoms with E-state index in [0.717, 1.165) is 29.3 Å². The summed E-state index contributed by atoms with van der Waals surface area (Å²) in [6.45, 7) is 2.19. The largest absolute Gasteiger partial charge is 0.284 e. The fraction of sp³-hybridized carbons (Fsp3) is 0.200. The Morgan fingerprint density at radius 2 is 1.33 bits per heavy atom. The Labute approximate surface area is 202 Å². The molecule has 3 aromatic rings. The summed E-state index contributed by atoms with van der Waals surface area (Å²) >= 11 is 12.1. The third-order valence-corrected chi connectivity index (χ3v) is 8.07. The fourth-order valence-corrected chi connectivity index (χ4v) is 5.69. The van der Waals surface area contributed by atoms with Crippen LogP contribution in [-0.2, 0) is 9.84 Å². The molecule has 0 aliphatic carbocycles. The van der Waals surface area contributed by atoms with Gasteiger partial charge in [-0.25, -0.2) is 17.2 Å². The van der Waals surface area contributed by atoms with Gasteiger partial charge in [0, 0.05) is 29.2 Å². The van der Waals surface area contributed by atoms with Gasteiger partial charge in [-0.2, -0.15) is 0 Å². The van der Waals surface area contributed by atoms with Crippen molar-refractivity contribution in [1.29, 1.82) is 0 Å². The third kappa shape index (κ3) is 5.14. The van der Waals surface area contributed by atoms with Crippen molar-refractivity contribution in [2.75, 3.05) is 18.8 Å². The van der Waals surface area contributed by atoms with E-state index >= 15 is 0 Å². The molecule has 172 valence electrons. The average molecular weight is 508 g/mol. The van der Waals surface area contributed by atoms with Crippen LogP contribution in [-0.4, -0.2) is 32.2 Å². The zero-order valence-corrected chi connectivity index (χ0v) is 20.1. The number of likely N-dealkylation sites (tertiary alicyclic amines) is 1. The van der Waals surface area contributed by atoms with Crippen LogP contribution in [0.25, 0.3) is 4.91 Å². The van der Waals surface area contributed by atoms with Gasteiger partial charge in [0.2, 0.25) is 0 Å². The molecular formula is C25H21Cl2F2NO2S. The normalized spacial score (nSPS) is 14.4. The molecule has 1 aliphatic heterocycles. The maximum Gasteiger partial charge on any atom is 0.178 e. The molecule has 3 nitrogen and oxygen atoms in total. The van der Waals surface area contributed by atoms with Gasteiger partial charge in [-0.15, -0.1) is 0 Å². The maximum absolute atomic E-state index is 13.9. The van der Waals surface area contributed by atoms with Crippen molar-refractivity contribution in [2.24, 2.45) is 0 Å². The lowest BCUT2D eigenvalue weighted by atomic mass is 9.92. The monoisotopic (exact) mass is 507 g/mol. The summed E-state index contributed by atoms with van der Waals surface area (Å²) in [7, 11) is -3.71. The molecule has 4 rings (SSSR count). The van der Waals surface area contributed by atoms with Gasteiger partial charge in [0.05, 0.1) is 16.7 Å². The number of rotatable bonds is 6. The second-order valence-electron chi connectivity index (χ2n) is 7.90. The SMILES string of the molecule is CCS(=O)(=O)C(=C1CN(C(c2ccc(Cl)cc2)c2ccc(Cl)cc2)C1)c1cc(F)cc(F)c1. The molecular weight excluding hydrogens is 487 g/mol. The van der Waals surface area contributed by atoms with E-state index in [0.29, 0.717) is 28.7 Å². The number of halogens is 4. The third-order valence-electron chi connectivity index (χ3n) is 5.66. The minimum absolute atomic E-state index is 0.00520. The average Bonchev–Trinajstić information content (AvgIpc) is 2.73. The van der Waals surface area contributed by atoms with Crippen LogP contribution in [0.5, 0.6) is 0 Å². The summed E-state index contributed by atoms with van der Waals surface area (Å²) in [6, 6.07) is 17.6. The van der Waals surface area contributed by atoms with Crippen LogP contribution in [0.2, 0.25) is 10.0 Å². The number of hydrogen-bond donors (Lipinski definition) is 0. The molecule has 0 unspecified atom stereocenters. The maximum atomic E-state index is 13.9. The van der Waals surface area contributed by atoms with Crippen LogP contribution in [0, 0.1) is 11.6 Å². The zero-order chi connectivity index (χ0) is 23.8. The van der Waals surface area contributed by atoms with Gasteiger partial charge in [-0.05, 0) is 58.7 Å². The quantitative estimate of drug-likeness (QED) is 0.380. The molecule has 0 saturated carbocycles. The number of hydrogen-bond acceptors (Lipinski definition) is 3. The van der Waals surface area contributed by atoms with Crippen molar-refractivity contribution in [2.45, 2.75) is 13.0 Å². The Kier molecular flexibility index (Phi) is 6.91. The summed E-state index contributed by atoms with van der Waals surface area (Å²) in [5, 5.41) is 1.23. The van der Waals surface area contributed by atoms with E-state index in [1.54, 1.807) is 24.3 Å². The lowest BCUT2D eigenvalue weighted by molar-refractivity contribution is 0.203. The van der Waals surface area contributed by atoms with E-state index in [2.05, 4.69) is 4.90 Å². The molecule has 0 aromatic heterocycles. The van der Waals surface area contributed by atoms with Crippen LogP contribution >= 0.6 is 23.2 Å². The van der Waals surface area contributed by atoms with Crippen molar-refractivity contribution in [3.05, 3.63) is 111 Å². The van der Waals surface area contributed by atoms with Crippen LogP contribution in [0.1, 0.15) is 29.7 Å². The summed E-state index contributed by atoms with van der Waals surface area (Å²) < 4.78 is 53.6. The lowest BCUT2D eigenvalue weighted by Gasteiger charge is -2.42. The lowest BCUT2D eigenvalue weighted by Crippen LogP contribution is -2.44. The molecule has 3 aromatic carbocycles. The van der Waals surface area contributed by atoms with Gasteiger partial charge in [0.1, 0.15) is 11.6 Å². The molecule has 33 heavy (non-hydrogen) atoms. The van der Waals surface area contributed by atoms with Crippen molar-refractivity contribution < 1.29 is 17.2 Å². The van der Waals surface area contributed by atoms with Crippen molar-refractivity contribution >= 4 is 37.9 Å². The molecule has 8 heteroatoms. The molecule has 0 amide bonds. The molecule has 1 saturated heterocycles. The van der Waals surface area contributed by atoms with Crippen molar-refractivity contribution in [3.8, 4) is 0 Å². The summed E-state index contributed by atoms with van der Waals surface area (Å²) in [4.78, 5) is 2.11. The molecule has 0 N–H and O–H groups in total. The molecule has 0 atom stereocenters. The van der Waals surface area contributed by atoms with Gasteiger partial charge < -0.3 is 0 Å². The van der Waals surface area contributed by atoms with E-state index in [1.165, 1.54) is 6.92 Å². The minimum atomic E-state index is -3.71.